The van der Waals surface area contributed by atoms with E-state index in [1.165, 1.54) is 11.3 Å². The Morgan fingerprint density at radius 3 is 2.50 bits per heavy atom. The number of ether oxygens (including phenoxy) is 2. The monoisotopic (exact) mass is 296 g/mol. The van der Waals surface area contributed by atoms with E-state index in [0.29, 0.717) is 11.5 Å². The molecule has 2 N–H and O–H groups in total. The molecule has 0 saturated carbocycles. The van der Waals surface area contributed by atoms with E-state index in [1.807, 2.05) is 18.2 Å². The second-order valence-electron chi connectivity index (χ2n) is 4.34. The molecule has 5 nitrogen and oxygen atoms in total. The molecule has 1 atom stereocenters. The van der Waals surface area contributed by atoms with Crippen LogP contribution < -0.4 is 9.47 Å². The maximum atomic E-state index is 10.5. The molecule has 1 aromatic heterocycles. The number of aliphatic hydroxyl groups is 1. The third-order valence-corrected chi connectivity index (χ3v) is 4.20. The Balaban J connectivity index is 2.30. The Morgan fingerprint density at radius 2 is 1.90 bits per heavy atom. The van der Waals surface area contributed by atoms with Crippen molar-refractivity contribution in [3.8, 4) is 11.5 Å². The molecule has 0 fully saturated rings. The largest absolute Gasteiger partial charge is 0.493 e. The van der Waals surface area contributed by atoms with Crippen molar-refractivity contribution in [2.24, 2.45) is 0 Å². The summed E-state index contributed by atoms with van der Waals surface area (Å²) < 4.78 is 11.4. The van der Waals surface area contributed by atoms with Crippen LogP contribution in [-0.2, 0) is 4.79 Å². The number of rotatable bonds is 6. The summed E-state index contributed by atoms with van der Waals surface area (Å²) in [5.74, 6) is 0.353. The molecule has 0 aliphatic heterocycles. The van der Waals surface area contributed by atoms with E-state index in [0.717, 1.165) is 15.0 Å². The van der Waals surface area contributed by atoms with Gasteiger partial charge in [-0.3, -0.25) is 4.79 Å². The summed E-state index contributed by atoms with van der Waals surface area (Å²) in [4.78, 5) is 11.3. The Kier molecular flexibility index (Phi) is 4.46. The first-order valence-electron chi connectivity index (χ1n) is 6.10. The third-order valence-electron chi connectivity index (χ3n) is 3.00. The highest BCUT2D eigenvalue weighted by molar-refractivity contribution is 7.19. The summed E-state index contributed by atoms with van der Waals surface area (Å²) in [7, 11) is 3.14. The first-order chi connectivity index (χ1) is 9.55. The van der Waals surface area contributed by atoms with E-state index in [2.05, 4.69) is 0 Å². The van der Waals surface area contributed by atoms with E-state index >= 15 is 0 Å². The van der Waals surface area contributed by atoms with Crippen molar-refractivity contribution < 1.29 is 24.5 Å². The van der Waals surface area contributed by atoms with E-state index in [1.54, 1.807) is 14.2 Å². The number of carbonyl (C=O) groups is 1. The maximum Gasteiger partial charge on any atom is 0.303 e. The number of hydrogen-bond acceptors (Lipinski definition) is 5. The van der Waals surface area contributed by atoms with Gasteiger partial charge in [-0.1, -0.05) is 0 Å². The van der Waals surface area contributed by atoms with Gasteiger partial charge in [0.2, 0.25) is 0 Å². The molecule has 0 spiro atoms. The van der Waals surface area contributed by atoms with Gasteiger partial charge in [0.25, 0.3) is 0 Å². The number of aliphatic carboxylic acids is 1. The highest BCUT2D eigenvalue weighted by atomic mass is 32.1. The Bertz CT molecular complexity index is 578. The van der Waals surface area contributed by atoms with Gasteiger partial charge in [-0.25, -0.2) is 0 Å². The van der Waals surface area contributed by atoms with Crippen LogP contribution in [-0.4, -0.2) is 30.4 Å². The number of fused-ring (bicyclic) bond motifs is 1. The SMILES string of the molecule is COc1cc2cc(C(O)CCC(=O)O)sc2cc1OC. The number of carboxylic acids is 1. The number of carboxylic acid groups (broad SMARTS) is 1. The Labute approximate surface area is 120 Å². The second-order valence-corrected chi connectivity index (χ2v) is 5.46. The standard InChI is InChI=1S/C14H16O5S/c1-18-10-5-8-6-13(9(15)3-4-14(16)17)20-12(8)7-11(10)19-2/h5-7,9,15H,3-4H2,1-2H3,(H,16,17). The fraction of sp³-hybridized carbons (Fsp3) is 0.357. The van der Waals surface area contributed by atoms with Crippen molar-refractivity contribution in [2.75, 3.05) is 14.2 Å². The van der Waals surface area contributed by atoms with Gasteiger partial charge in [-0.15, -0.1) is 11.3 Å². The molecule has 0 aliphatic rings. The minimum Gasteiger partial charge on any atom is -0.493 e. The third kappa shape index (κ3) is 3.02. The number of aliphatic hydroxyl groups excluding tert-OH is 1. The topological polar surface area (TPSA) is 76.0 Å². The van der Waals surface area contributed by atoms with Crippen LogP contribution in [0, 0.1) is 0 Å². The van der Waals surface area contributed by atoms with Crippen molar-refractivity contribution in [1.82, 2.24) is 0 Å². The van der Waals surface area contributed by atoms with Gasteiger partial charge in [-0.05, 0) is 23.9 Å². The lowest BCUT2D eigenvalue weighted by Crippen LogP contribution is -2.00. The van der Waals surface area contributed by atoms with Crippen LogP contribution >= 0.6 is 11.3 Å². The van der Waals surface area contributed by atoms with Crippen LogP contribution in [0.4, 0.5) is 0 Å². The smallest absolute Gasteiger partial charge is 0.303 e. The van der Waals surface area contributed by atoms with E-state index in [4.69, 9.17) is 14.6 Å². The number of benzene rings is 1. The molecular weight excluding hydrogens is 280 g/mol. The molecule has 2 rings (SSSR count). The van der Waals surface area contributed by atoms with Crippen molar-refractivity contribution in [1.29, 1.82) is 0 Å². The zero-order valence-corrected chi connectivity index (χ0v) is 12.1. The molecule has 0 saturated heterocycles. The van der Waals surface area contributed by atoms with Crippen LogP contribution in [0.3, 0.4) is 0 Å². The fourth-order valence-corrected chi connectivity index (χ4v) is 3.05. The number of methoxy groups -OCH3 is 2. The Morgan fingerprint density at radius 1 is 1.25 bits per heavy atom. The molecule has 1 unspecified atom stereocenters. The van der Waals surface area contributed by atoms with Gasteiger partial charge in [0.1, 0.15) is 0 Å². The summed E-state index contributed by atoms with van der Waals surface area (Å²) in [5.41, 5.74) is 0. The van der Waals surface area contributed by atoms with Crippen LogP contribution in [0.1, 0.15) is 23.8 Å². The van der Waals surface area contributed by atoms with E-state index < -0.39 is 12.1 Å². The maximum absolute atomic E-state index is 10.5. The summed E-state index contributed by atoms with van der Waals surface area (Å²) in [6, 6.07) is 5.55. The summed E-state index contributed by atoms with van der Waals surface area (Å²) >= 11 is 1.43. The van der Waals surface area contributed by atoms with Crippen molar-refractivity contribution in [3.05, 3.63) is 23.1 Å². The molecule has 0 aliphatic carbocycles. The van der Waals surface area contributed by atoms with Crippen LogP contribution in [0.5, 0.6) is 11.5 Å². The summed E-state index contributed by atoms with van der Waals surface area (Å²) in [6.45, 7) is 0. The molecular formula is C14H16O5S. The molecule has 1 aromatic carbocycles. The highest BCUT2D eigenvalue weighted by Gasteiger charge is 2.15. The first-order valence-corrected chi connectivity index (χ1v) is 6.92. The normalized spacial score (nSPS) is 12.3. The number of hydrogen-bond donors (Lipinski definition) is 2. The number of thiophene rings is 1. The molecule has 0 amide bonds. The van der Waals surface area contributed by atoms with Gasteiger partial charge in [0.15, 0.2) is 11.5 Å². The zero-order chi connectivity index (χ0) is 14.7. The molecule has 1 heterocycles. The first kappa shape index (κ1) is 14.6. The van der Waals surface area contributed by atoms with Gasteiger partial charge < -0.3 is 19.7 Å². The van der Waals surface area contributed by atoms with Crippen molar-refractivity contribution in [2.45, 2.75) is 18.9 Å². The van der Waals surface area contributed by atoms with Gasteiger partial charge in [-0.2, -0.15) is 0 Å². The average Bonchev–Trinajstić information content (AvgIpc) is 2.85. The molecule has 2 aromatic rings. The predicted octanol–water partition coefficient (Wildman–Crippen LogP) is 2.82. The average molecular weight is 296 g/mol. The molecule has 0 radical (unpaired) electrons. The van der Waals surface area contributed by atoms with E-state index in [9.17, 15) is 9.90 Å². The predicted molar refractivity (Wildman–Crippen MR) is 76.8 cm³/mol. The molecule has 0 bridgehead atoms. The van der Waals surface area contributed by atoms with E-state index in [-0.39, 0.29) is 12.8 Å². The lowest BCUT2D eigenvalue weighted by atomic mass is 10.1. The fourth-order valence-electron chi connectivity index (χ4n) is 1.95. The minimum absolute atomic E-state index is 0.0535. The molecule has 20 heavy (non-hydrogen) atoms. The Hall–Kier alpha value is -1.79. The summed E-state index contributed by atoms with van der Waals surface area (Å²) in [5, 5.41) is 19.6. The van der Waals surface area contributed by atoms with Crippen LogP contribution in [0.25, 0.3) is 10.1 Å². The lowest BCUT2D eigenvalue weighted by molar-refractivity contribution is -0.137. The minimum atomic E-state index is -0.909. The van der Waals surface area contributed by atoms with Crippen molar-refractivity contribution in [3.63, 3.8) is 0 Å². The van der Waals surface area contributed by atoms with Crippen LogP contribution in [0.2, 0.25) is 0 Å². The second kappa shape index (κ2) is 6.11. The quantitative estimate of drug-likeness (QED) is 0.857. The van der Waals surface area contributed by atoms with Gasteiger partial charge >= 0.3 is 5.97 Å². The summed E-state index contributed by atoms with van der Waals surface area (Å²) in [6.07, 6.45) is -0.612. The lowest BCUT2D eigenvalue weighted by Gasteiger charge is -2.06. The molecule has 6 heteroatoms. The zero-order valence-electron chi connectivity index (χ0n) is 11.3. The van der Waals surface area contributed by atoms with Crippen LogP contribution in [0.15, 0.2) is 18.2 Å². The highest BCUT2D eigenvalue weighted by Crippen LogP contribution is 2.38. The van der Waals surface area contributed by atoms with Crippen molar-refractivity contribution >= 4 is 27.4 Å². The van der Waals surface area contributed by atoms with Gasteiger partial charge in [0.05, 0.1) is 20.3 Å². The molecule has 108 valence electrons. The van der Waals surface area contributed by atoms with Gasteiger partial charge in [0, 0.05) is 22.1 Å².